The lowest BCUT2D eigenvalue weighted by atomic mass is 10.1. The number of nitrogens with zero attached hydrogens (tertiary/aromatic N) is 5. The second-order valence-electron chi connectivity index (χ2n) is 6.52. The molecule has 1 aliphatic rings. The minimum Gasteiger partial charge on any atom is -0.470 e. The van der Waals surface area contributed by atoms with Crippen molar-refractivity contribution >= 4 is 11.7 Å². The van der Waals surface area contributed by atoms with Crippen molar-refractivity contribution in [2.75, 3.05) is 32.1 Å². The molecule has 3 rings (SSSR count). The summed E-state index contributed by atoms with van der Waals surface area (Å²) < 4.78 is 6.07. The molecule has 0 radical (unpaired) electrons. The Bertz CT molecular complexity index is 738. The van der Waals surface area contributed by atoms with Crippen molar-refractivity contribution in [1.29, 1.82) is 0 Å². The molecular formula is C17H24N6O2. The third kappa shape index (κ3) is 3.57. The lowest BCUT2D eigenvalue weighted by Crippen LogP contribution is -2.44. The quantitative estimate of drug-likeness (QED) is 0.906. The van der Waals surface area contributed by atoms with E-state index in [0.717, 1.165) is 30.8 Å². The minimum absolute atomic E-state index is 0.00373. The highest BCUT2D eigenvalue weighted by Gasteiger charge is 2.29. The monoisotopic (exact) mass is 344 g/mol. The highest BCUT2D eigenvalue weighted by molar-refractivity contribution is 5.96. The summed E-state index contributed by atoms with van der Waals surface area (Å²) in [4.78, 5) is 25.2. The summed E-state index contributed by atoms with van der Waals surface area (Å²) in [6, 6.07) is 0. The first-order valence-electron chi connectivity index (χ1n) is 8.43. The first kappa shape index (κ1) is 17.2. The average molecular weight is 344 g/mol. The molecular weight excluding hydrogens is 320 g/mol. The summed E-state index contributed by atoms with van der Waals surface area (Å²) >= 11 is 0. The molecule has 0 aromatic carbocycles. The molecule has 0 aliphatic carbocycles. The molecule has 25 heavy (non-hydrogen) atoms. The number of aromatic amines is 1. The van der Waals surface area contributed by atoms with Gasteiger partial charge >= 0.3 is 0 Å². The lowest BCUT2D eigenvalue weighted by molar-refractivity contribution is 0.0527. The molecule has 2 aromatic heterocycles. The van der Waals surface area contributed by atoms with Gasteiger partial charge in [0.25, 0.3) is 11.8 Å². The van der Waals surface area contributed by atoms with Gasteiger partial charge in [-0.15, -0.1) is 0 Å². The van der Waals surface area contributed by atoms with Gasteiger partial charge in [0.15, 0.2) is 5.82 Å². The fraction of sp³-hybridized carbons (Fsp3) is 0.529. The Balaban J connectivity index is 1.73. The van der Waals surface area contributed by atoms with Gasteiger partial charge in [-0.3, -0.25) is 9.89 Å². The molecule has 1 fully saturated rings. The van der Waals surface area contributed by atoms with E-state index < -0.39 is 0 Å². The summed E-state index contributed by atoms with van der Waals surface area (Å²) in [6.07, 6.45) is 4.94. The minimum atomic E-state index is -0.0967. The van der Waals surface area contributed by atoms with E-state index in [-0.39, 0.29) is 12.0 Å². The first-order chi connectivity index (χ1) is 12.0. The van der Waals surface area contributed by atoms with Crippen molar-refractivity contribution in [2.24, 2.45) is 0 Å². The molecule has 1 saturated heterocycles. The zero-order chi connectivity index (χ0) is 18.0. The van der Waals surface area contributed by atoms with Crippen LogP contribution in [0.3, 0.4) is 0 Å². The molecule has 3 heterocycles. The van der Waals surface area contributed by atoms with Crippen molar-refractivity contribution in [1.82, 2.24) is 25.1 Å². The number of aryl methyl sites for hydroxylation is 2. The molecule has 1 N–H and O–H groups in total. The Morgan fingerprint density at radius 2 is 2.08 bits per heavy atom. The summed E-state index contributed by atoms with van der Waals surface area (Å²) in [7, 11) is 3.80. The highest BCUT2D eigenvalue weighted by Crippen LogP contribution is 2.25. The molecule has 0 bridgehead atoms. The van der Waals surface area contributed by atoms with Crippen LogP contribution in [0.4, 0.5) is 5.82 Å². The second-order valence-corrected chi connectivity index (χ2v) is 6.52. The largest absolute Gasteiger partial charge is 0.470 e. The van der Waals surface area contributed by atoms with Gasteiger partial charge in [-0.25, -0.2) is 9.97 Å². The molecule has 134 valence electrons. The van der Waals surface area contributed by atoms with Gasteiger partial charge in [0.1, 0.15) is 6.10 Å². The number of hydrogen-bond acceptors (Lipinski definition) is 6. The van der Waals surface area contributed by atoms with Crippen LogP contribution >= 0.6 is 0 Å². The van der Waals surface area contributed by atoms with Crippen LogP contribution in [0, 0.1) is 13.8 Å². The summed E-state index contributed by atoms with van der Waals surface area (Å²) in [5.74, 6) is 1.19. The van der Waals surface area contributed by atoms with Crippen LogP contribution in [-0.2, 0) is 0 Å². The number of nitrogens with one attached hydrogen (secondary N) is 1. The number of ether oxygens (including phenoxy) is 1. The normalized spacial score (nSPS) is 17.4. The number of aromatic nitrogens is 4. The van der Waals surface area contributed by atoms with E-state index in [1.807, 2.05) is 37.7 Å². The molecule has 0 spiro atoms. The molecule has 1 atom stereocenters. The number of carbonyl (C=O) groups excluding carboxylic acids is 1. The van der Waals surface area contributed by atoms with E-state index >= 15 is 0 Å². The standard InChI is InChI=1S/C17H24N6O2/c1-11-14(12(2)21-20-11)17(24)23-9-5-6-13(10-23)25-16-15(22(3)4)18-7-8-19-16/h7-8,13H,5-6,9-10H2,1-4H3,(H,20,21)/t13-/m0/s1. The van der Waals surface area contributed by atoms with Gasteiger partial charge in [-0.05, 0) is 26.7 Å². The molecule has 8 nitrogen and oxygen atoms in total. The Morgan fingerprint density at radius 1 is 1.32 bits per heavy atom. The number of hydrogen-bond donors (Lipinski definition) is 1. The van der Waals surface area contributed by atoms with Crippen LogP contribution in [-0.4, -0.2) is 64.3 Å². The maximum Gasteiger partial charge on any atom is 0.257 e. The van der Waals surface area contributed by atoms with E-state index in [1.54, 1.807) is 12.4 Å². The zero-order valence-electron chi connectivity index (χ0n) is 15.1. The van der Waals surface area contributed by atoms with Crippen molar-refractivity contribution in [3.8, 4) is 5.88 Å². The van der Waals surface area contributed by atoms with Gasteiger partial charge in [-0.1, -0.05) is 0 Å². The predicted octanol–water partition coefficient (Wildman–Crippen LogP) is 1.57. The zero-order valence-corrected chi connectivity index (χ0v) is 15.1. The Morgan fingerprint density at radius 3 is 2.76 bits per heavy atom. The molecule has 1 amide bonds. The van der Waals surface area contributed by atoms with Gasteiger partial charge in [0, 0.05) is 38.7 Å². The molecule has 2 aromatic rings. The molecule has 0 unspecified atom stereocenters. The van der Waals surface area contributed by atoms with E-state index in [2.05, 4.69) is 20.2 Å². The number of likely N-dealkylation sites (tertiary alicyclic amines) is 1. The van der Waals surface area contributed by atoms with Crippen LogP contribution in [0.25, 0.3) is 0 Å². The van der Waals surface area contributed by atoms with Gasteiger partial charge in [0.05, 0.1) is 17.8 Å². The number of rotatable bonds is 4. The number of anilines is 1. The van der Waals surface area contributed by atoms with Crippen molar-refractivity contribution < 1.29 is 9.53 Å². The van der Waals surface area contributed by atoms with E-state index in [0.29, 0.717) is 23.8 Å². The van der Waals surface area contributed by atoms with Crippen LogP contribution in [0.15, 0.2) is 12.4 Å². The van der Waals surface area contributed by atoms with E-state index in [4.69, 9.17) is 4.74 Å². The predicted molar refractivity (Wildman–Crippen MR) is 94.0 cm³/mol. The second kappa shape index (κ2) is 7.08. The first-order valence-corrected chi connectivity index (χ1v) is 8.43. The van der Waals surface area contributed by atoms with Gasteiger partial charge in [-0.2, -0.15) is 5.10 Å². The van der Waals surface area contributed by atoms with Crippen molar-refractivity contribution in [3.05, 3.63) is 29.3 Å². The number of piperidine rings is 1. The average Bonchev–Trinajstić information content (AvgIpc) is 2.93. The Labute approximate surface area is 147 Å². The number of carbonyl (C=O) groups is 1. The lowest BCUT2D eigenvalue weighted by Gasteiger charge is -2.33. The summed E-state index contributed by atoms with van der Waals surface area (Å²) in [6.45, 7) is 4.97. The number of amides is 1. The fourth-order valence-electron chi connectivity index (χ4n) is 3.11. The van der Waals surface area contributed by atoms with Crippen LogP contribution < -0.4 is 9.64 Å². The van der Waals surface area contributed by atoms with E-state index in [9.17, 15) is 4.79 Å². The summed E-state index contributed by atoms with van der Waals surface area (Å²) in [5, 5.41) is 7.00. The maximum atomic E-state index is 12.8. The maximum absolute atomic E-state index is 12.8. The topological polar surface area (TPSA) is 87.2 Å². The van der Waals surface area contributed by atoms with Crippen molar-refractivity contribution in [3.63, 3.8) is 0 Å². The third-order valence-corrected chi connectivity index (χ3v) is 4.36. The van der Waals surface area contributed by atoms with Crippen LogP contribution in [0.2, 0.25) is 0 Å². The van der Waals surface area contributed by atoms with Crippen LogP contribution in [0.5, 0.6) is 5.88 Å². The van der Waals surface area contributed by atoms with E-state index in [1.165, 1.54) is 0 Å². The number of H-pyrrole nitrogens is 1. The SMILES string of the molecule is Cc1n[nH]c(C)c1C(=O)N1CCC[C@H](Oc2nccnc2N(C)C)C1. The fourth-order valence-corrected chi connectivity index (χ4v) is 3.11. The molecule has 8 heteroatoms. The molecule has 1 aliphatic heterocycles. The van der Waals surface area contributed by atoms with Crippen LogP contribution in [0.1, 0.15) is 34.6 Å². The van der Waals surface area contributed by atoms with Gasteiger partial charge < -0.3 is 14.5 Å². The van der Waals surface area contributed by atoms with Crippen molar-refractivity contribution in [2.45, 2.75) is 32.8 Å². The smallest absolute Gasteiger partial charge is 0.257 e. The highest BCUT2D eigenvalue weighted by atomic mass is 16.5. The Hall–Kier alpha value is -2.64. The van der Waals surface area contributed by atoms with Gasteiger partial charge in [0.2, 0.25) is 0 Å². The molecule has 0 saturated carbocycles. The Kier molecular flexibility index (Phi) is 4.87. The third-order valence-electron chi connectivity index (χ3n) is 4.36. The summed E-state index contributed by atoms with van der Waals surface area (Å²) in [5.41, 5.74) is 2.19.